The average Bonchev–Trinajstić information content (AvgIpc) is 2.62. The Morgan fingerprint density at radius 1 is 1.00 bits per heavy atom. The van der Waals surface area contributed by atoms with E-state index in [2.05, 4.69) is 30.0 Å². The lowest BCUT2D eigenvalue weighted by Gasteiger charge is -2.17. The number of aryl methyl sites for hydroxylation is 2. The van der Waals surface area contributed by atoms with Crippen LogP contribution in [0.4, 0.5) is 11.4 Å². The molecule has 0 spiro atoms. The van der Waals surface area contributed by atoms with Crippen LogP contribution in [0.5, 0.6) is 0 Å². The monoisotopic (exact) mass is 377 g/mol. The van der Waals surface area contributed by atoms with Gasteiger partial charge in [-0.25, -0.2) is 18.6 Å². The first kappa shape index (κ1) is 19.9. The normalized spacial score (nSPS) is 11.3. The van der Waals surface area contributed by atoms with E-state index in [1.165, 1.54) is 28.7 Å². The molecule has 0 saturated heterocycles. The molecule has 4 N–H and O–H groups in total. The number of benzene rings is 2. The molecule has 0 radical (unpaired) electrons. The van der Waals surface area contributed by atoms with E-state index in [0.717, 1.165) is 22.5 Å². The molecule has 0 aliphatic carbocycles. The quantitative estimate of drug-likeness (QED) is 0.457. The van der Waals surface area contributed by atoms with E-state index < -0.39 is 22.5 Å². The predicted molar refractivity (Wildman–Crippen MR) is 100 cm³/mol. The highest BCUT2D eigenvalue weighted by Crippen LogP contribution is 2.29. The number of sulfonamides is 1. The largest absolute Gasteiger partial charge is 0.355 e. The Kier molecular flexibility index (Phi) is 6.01. The van der Waals surface area contributed by atoms with Gasteiger partial charge in [-0.15, -0.1) is 0 Å². The zero-order chi connectivity index (χ0) is 19.5. The molecule has 140 valence electrons. The Labute approximate surface area is 153 Å². The summed E-state index contributed by atoms with van der Waals surface area (Å²) in [6.45, 7) is 7.64. The topological polar surface area (TPSA) is 108 Å². The molecule has 0 aliphatic rings. The number of hydrogen-bond donors (Lipinski definition) is 4. The maximum Gasteiger partial charge on any atom is 0.258 e. The molecule has 0 heterocycles. The van der Waals surface area contributed by atoms with E-state index >= 15 is 0 Å². The SMILES string of the molecule is Cc1cc(C)c(C)c(Nc2ccc(S(=O)(=O)NCC(=O)NO)cc2)c1C. The number of rotatable bonds is 6. The van der Waals surface area contributed by atoms with Crippen molar-refractivity contribution in [2.75, 3.05) is 11.9 Å². The van der Waals surface area contributed by atoms with Crippen molar-refractivity contribution in [2.24, 2.45) is 0 Å². The van der Waals surface area contributed by atoms with E-state index in [1.54, 1.807) is 12.1 Å². The van der Waals surface area contributed by atoms with Crippen molar-refractivity contribution >= 4 is 27.3 Å². The molecule has 26 heavy (non-hydrogen) atoms. The minimum absolute atomic E-state index is 0.0302. The molecule has 0 fully saturated rings. The van der Waals surface area contributed by atoms with Gasteiger partial charge in [-0.3, -0.25) is 10.0 Å². The van der Waals surface area contributed by atoms with Crippen LogP contribution in [-0.2, 0) is 14.8 Å². The number of carbonyl (C=O) groups is 1. The van der Waals surface area contributed by atoms with Gasteiger partial charge in [0, 0.05) is 11.4 Å². The van der Waals surface area contributed by atoms with Gasteiger partial charge in [-0.1, -0.05) is 6.07 Å². The maximum atomic E-state index is 12.1. The summed E-state index contributed by atoms with van der Waals surface area (Å²) in [5.74, 6) is -0.840. The summed E-state index contributed by atoms with van der Waals surface area (Å²) in [5, 5.41) is 11.8. The predicted octanol–water partition coefficient (Wildman–Crippen LogP) is 2.45. The molecule has 1 amide bonds. The smallest absolute Gasteiger partial charge is 0.258 e. The lowest BCUT2D eigenvalue weighted by Crippen LogP contribution is -2.35. The number of hydroxylamine groups is 1. The zero-order valence-electron chi connectivity index (χ0n) is 15.2. The minimum atomic E-state index is -3.83. The molecule has 0 atom stereocenters. The Morgan fingerprint density at radius 2 is 1.54 bits per heavy atom. The first-order valence-corrected chi connectivity index (χ1v) is 9.51. The third-order valence-electron chi connectivity index (χ3n) is 4.35. The lowest BCUT2D eigenvalue weighted by molar-refractivity contribution is -0.127. The van der Waals surface area contributed by atoms with Gasteiger partial charge in [0.25, 0.3) is 5.91 Å². The van der Waals surface area contributed by atoms with Crippen LogP contribution in [0, 0.1) is 27.7 Å². The third-order valence-corrected chi connectivity index (χ3v) is 5.76. The summed E-state index contributed by atoms with van der Waals surface area (Å²) in [5.41, 5.74) is 7.78. The number of hydrogen-bond acceptors (Lipinski definition) is 5. The van der Waals surface area contributed by atoms with Crippen LogP contribution in [0.15, 0.2) is 35.2 Å². The number of carbonyl (C=O) groups excluding carboxylic acids is 1. The fourth-order valence-electron chi connectivity index (χ4n) is 2.55. The van der Waals surface area contributed by atoms with Crippen molar-refractivity contribution < 1.29 is 18.4 Å². The van der Waals surface area contributed by atoms with Crippen LogP contribution in [0.2, 0.25) is 0 Å². The van der Waals surface area contributed by atoms with Gasteiger partial charge >= 0.3 is 0 Å². The summed E-state index contributed by atoms with van der Waals surface area (Å²) in [6.07, 6.45) is 0. The van der Waals surface area contributed by atoms with E-state index in [9.17, 15) is 13.2 Å². The molecule has 0 aromatic heterocycles. The fraction of sp³-hybridized carbons (Fsp3) is 0.278. The van der Waals surface area contributed by atoms with Gasteiger partial charge in [0.1, 0.15) is 0 Å². The zero-order valence-corrected chi connectivity index (χ0v) is 16.0. The van der Waals surface area contributed by atoms with Crippen LogP contribution in [0.3, 0.4) is 0 Å². The highest BCUT2D eigenvalue weighted by Gasteiger charge is 2.15. The molecule has 8 heteroatoms. The Bertz CT molecular complexity index is 896. The van der Waals surface area contributed by atoms with E-state index in [4.69, 9.17) is 5.21 Å². The molecule has 7 nitrogen and oxygen atoms in total. The highest BCUT2D eigenvalue weighted by molar-refractivity contribution is 7.89. The molecule has 0 aliphatic heterocycles. The van der Waals surface area contributed by atoms with Gasteiger partial charge in [-0.2, -0.15) is 0 Å². The van der Waals surface area contributed by atoms with Crippen LogP contribution < -0.4 is 15.5 Å². The van der Waals surface area contributed by atoms with Gasteiger partial charge < -0.3 is 5.32 Å². The van der Waals surface area contributed by atoms with Crippen molar-refractivity contribution in [3.05, 3.63) is 52.6 Å². The third kappa shape index (κ3) is 4.40. The molecule has 2 rings (SSSR count). The number of nitrogens with one attached hydrogen (secondary N) is 3. The second kappa shape index (κ2) is 7.86. The van der Waals surface area contributed by atoms with Crippen LogP contribution in [-0.4, -0.2) is 26.1 Å². The summed E-state index contributed by atoms with van der Waals surface area (Å²) in [7, 11) is -3.83. The van der Waals surface area contributed by atoms with Crippen molar-refractivity contribution in [3.8, 4) is 0 Å². The summed E-state index contributed by atoms with van der Waals surface area (Å²) < 4.78 is 26.4. The molecule has 0 unspecified atom stereocenters. The van der Waals surface area contributed by atoms with Crippen molar-refractivity contribution in [1.82, 2.24) is 10.2 Å². The van der Waals surface area contributed by atoms with E-state index in [-0.39, 0.29) is 4.90 Å². The molecule has 0 saturated carbocycles. The molecule has 0 bridgehead atoms. The van der Waals surface area contributed by atoms with Gasteiger partial charge in [0.2, 0.25) is 10.0 Å². The maximum absolute atomic E-state index is 12.1. The van der Waals surface area contributed by atoms with Crippen LogP contribution >= 0.6 is 0 Å². The molecular formula is C18H23N3O4S. The lowest BCUT2D eigenvalue weighted by atomic mass is 9.98. The molecule has 2 aromatic rings. The van der Waals surface area contributed by atoms with Crippen molar-refractivity contribution in [3.63, 3.8) is 0 Å². The molecular weight excluding hydrogens is 354 g/mol. The first-order valence-electron chi connectivity index (χ1n) is 8.03. The van der Waals surface area contributed by atoms with E-state index in [0.29, 0.717) is 0 Å². The summed E-state index contributed by atoms with van der Waals surface area (Å²) >= 11 is 0. The highest BCUT2D eigenvalue weighted by atomic mass is 32.2. The first-order chi connectivity index (χ1) is 12.2. The standard InChI is InChI=1S/C18H23N3O4S/c1-11-9-12(2)14(4)18(13(11)3)20-15-5-7-16(8-6-15)26(24,25)19-10-17(22)21-23/h5-9,19-20,23H,10H2,1-4H3,(H,21,22). The summed E-state index contributed by atoms with van der Waals surface area (Å²) in [4.78, 5) is 11.0. The van der Waals surface area contributed by atoms with Crippen molar-refractivity contribution in [1.29, 1.82) is 0 Å². The molecule has 2 aromatic carbocycles. The Hall–Kier alpha value is -2.42. The second-order valence-corrected chi connectivity index (χ2v) is 7.91. The second-order valence-electron chi connectivity index (χ2n) is 6.14. The Balaban J connectivity index is 2.22. The van der Waals surface area contributed by atoms with Gasteiger partial charge in [-0.05, 0) is 74.2 Å². The minimum Gasteiger partial charge on any atom is -0.355 e. The fourth-order valence-corrected chi connectivity index (χ4v) is 3.53. The average molecular weight is 377 g/mol. The van der Waals surface area contributed by atoms with E-state index in [1.807, 2.05) is 13.8 Å². The Morgan fingerprint density at radius 3 is 2.04 bits per heavy atom. The van der Waals surface area contributed by atoms with Crippen LogP contribution in [0.1, 0.15) is 22.3 Å². The van der Waals surface area contributed by atoms with Crippen molar-refractivity contribution in [2.45, 2.75) is 32.6 Å². The van der Waals surface area contributed by atoms with Gasteiger partial charge in [0.15, 0.2) is 0 Å². The summed E-state index contributed by atoms with van der Waals surface area (Å²) in [6, 6.07) is 8.37. The van der Waals surface area contributed by atoms with Crippen LogP contribution in [0.25, 0.3) is 0 Å². The van der Waals surface area contributed by atoms with Gasteiger partial charge in [0.05, 0.1) is 11.4 Å². The number of amides is 1. The number of anilines is 2.